The predicted octanol–water partition coefficient (Wildman–Crippen LogP) is 3.62. The molecule has 1 saturated heterocycles. The molecule has 4 nitrogen and oxygen atoms in total. The molecular weight excluding hydrogens is 430 g/mol. The summed E-state index contributed by atoms with van der Waals surface area (Å²) >= 11 is 0. The zero-order valence-electron chi connectivity index (χ0n) is 15.4. The van der Waals surface area contributed by atoms with E-state index < -0.39 is 0 Å². The molecule has 0 spiro atoms. The number of nitrogens with zero attached hydrogens (tertiary/aromatic N) is 2. The molecule has 0 atom stereocenters. The molecule has 6 heteroatoms. The van der Waals surface area contributed by atoms with Gasteiger partial charge in [0.2, 0.25) is 0 Å². The minimum atomic E-state index is -0.194. The largest absolute Gasteiger partial charge is 0.357 e. The fourth-order valence-electron chi connectivity index (χ4n) is 3.10. The summed E-state index contributed by atoms with van der Waals surface area (Å²) < 4.78 is 13.7. The van der Waals surface area contributed by atoms with Crippen molar-refractivity contribution in [1.82, 2.24) is 15.5 Å². The lowest BCUT2D eigenvalue weighted by Crippen LogP contribution is -2.43. The smallest absolute Gasteiger partial charge is 0.191 e. The molecular formula is C19H32FIN4. The van der Waals surface area contributed by atoms with Crippen molar-refractivity contribution in [2.24, 2.45) is 10.9 Å². The summed E-state index contributed by atoms with van der Waals surface area (Å²) in [6, 6.07) is 6.82. The molecule has 1 aliphatic rings. The number of aliphatic imine (C=N–C) groups is 1. The van der Waals surface area contributed by atoms with Crippen molar-refractivity contribution < 1.29 is 4.39 Å². The third-order valence-electron chi connectivity index (χ3n) is 4.51. The number of piperidine rings is 1. The Labute approximate surface area is 168 Å². The summed E-state index contributed by atoms with van der Waals surface area (Å²) in [5, 5.41) is 6.67. The highest BCUT2D eigenvalue weighted by Crippen LogP contribution is 2.16. The molecule has 1 aromatic carbocycles. The van der Waals surface area contributed by atoms with Gasteiger partial charge in [-0.05, 0) is 57.8 Å². The van der Waals surface area contributed by atoms with Gasteiger partial charge in [0.15, 0.2) is 5.96 Å². The molecule has 1 heterocycles. The molecule has 0 saturated carbocycles. The van der Waals surface area contributed by atoms with Gasteiger partial charge >= 0.3 is 0 Å². The summed E-state index contributed by atoms with van der Waals surface area (Å²) in [5.41, 5.74) is 0.627. The van der Waals surface area contributed by atoms with Gasteiger partial charge in [-0.3, -0.25) is 0 Å². The second-order valence-electron chi connectivity index (χ2n) is 6.45. The number of benzene rings is 1. The van der Waals surface area contributed by atoms with Crippen LogP contribution in [0.5, 0.6) is 0 Å². The molecule has 1 aromatic rings. The first-order valence-electron chi connectivity index (χ1n) is 9.20. The minimum absolute atomic E-state index is 0. The highest BCUT2D eigenvalue weighted by atomic mass is 127. The molecule has 0 bridgehead atoms. The van der Waals surface area contributed by atoms with Gasteiger partial charge in [0, 0.05) is 18.7 Å². The minimum Gasteiger partial charge on any atom is -0.357 e. The Bertz CT molecular complexity index is 516. The van der Waals surface area contributed by atoms with Gasteiger partial charge in [0.05, 0.1) is 6.54 Å². The van der Waals surface area contributed by atoms with Crippen LogP contribution in [0.4, 0.5) is 4.39 Å². The Kier molecular flexibility index (Phi) is 11.0. The van der Waals surface area contributed by atoms with Crippen molar-refractivity contribution >= 4 is 29.9 Å². The van der Waals surface area contributed by atoms with Crippen molar-refractivity contribution in [2.45, 2.75) is 39.7 Å². The van der Waals surface area contributed by atoms with Crippen LogP contribution >= 0.6 is 24.0 Å². The number of nitrogens with one attached hydrogen (secondary N) is 2. The first kappa shape index (κ1) is 22.2. The van der Waals surface area contributed by atoms with E-state index in [2.05, 4.69) is 27.4 Å². The third kappa shape index (κ3) is 7.90. The van der Waals surface area contributed by atoms with E-state index >= 15 is 0 Å². The highest BCUT2D eigenvalue weighted by molar-refractivity contribution is 14.0. The Balaban J connectivity index is 0.00000312. The zero-order chi connectivity index (χ0) is 17.2. The van der Waals surface area contributed by atoms with Crippen molar-refractivity contribution in [3.05, 3.63) is 35.6 Å². The van der Waals surface area contributed by atoms with Crippen molar-refractivity contribution in [3.63, 3.8) is 0 Å². The summed E-state index contributed by atoms with van der Waals surface area (Å²) in [5.74, 6) is 1.27. The van der Waals surface area contributed by atoms with Gasteiger partial charge in [-0.25, -0.2) is 9.38 Å². The molecule has 1 aliphatic heterocycles. The zero-order valence-corrected chi connectivity index (χ0v) is 17.8. The maximum Gasteiger partial charge on any atom is 0.191 e. The topological polar surface area (TPSA) is 39.7 Å². The summed E-state index contributed by atoms with van der Waals surface area (Å²) in [6.07, 6.45) is 3.70. The lowest BCUT2D eigenvalue weighted by Gasteiger charge is -2.32. The Morgan fingerprint density at radius 2 is 1.92 bits per heavy atom. The average Bonchev–Trinajstić information content (AvgIpc) is 2.60. The third-order valence-corrected chi connectivity index (χ3v) is 4.51. The predicted molar refractivity (Wildman–Crippen MR) is 114 cm³/mol. The van der Waals surface area contributed by atoms with Crippen molar-refractivity contribution in [3.8, 4) is 0 Å². The van der Waals surface area contributed by atoms with Crippen LogP contribution < -0.4 is 10.6 Å². The molecule has 2 N–H and O–H groups in total. The fourth-order valence-corrected chi connectivity index (χ4v) is 3.10. The molecule has 0 unspecified atom stereocenters. The van der Waals surface area contributed by atoms with Crippen LogP contribution in [-0.2, 0) is 6.54 Å². The SMILES string of the molecule is CCCN1CCC(CNC(=NCc2ccccc2F)NCC)CC1.I. The van der Waals surface area contributed by atoms with Gasteiger partial charge in [0.25, 0.3) is 0 Å². The van der Waals surface area contributed by atoms with E-state index in [4.69, 9.17) is 0 Å². The highest BCUT2D eigenvalue weighted by Gasteiger charge is 2.18. The molecule has 0 aromatic heterocycles. The van der Waals surface area contributed by atoms with Gasteiger partial charge in [0.1, 0.15) is 5.82 Å². The van der Waals surface area contributed by atoms with Crippen molar-refractivity contribution in [1.29, 1.82) is 0 Å². The van der Waals surface area contributed by atoms with Gasteiger partial charge in [-0.15, -0.1) is 24.0 Å². The Morgan fingerprint density at radius 3 is 2.56 bits per heavy atom. The number of halogens is 2. The number of rotatable bonds is 7. The van der Waals surface area contributed by atoms with E-state index in [-0.39, 0.29) is 29.8 Å². The van der Waals surface area contributed by atoms with E-state index in [1.165, 1.54) is 45.0 Å². The van der Waals surface area contributed by atoms with Crippen LogP contribution in [0.15, 0.2) is 29.3 Å². The van der Waals surface area contributed by atoms with E-state index in [1.807, 2.05) is 13.0 Å². The van der Waals surface area contributed by atoms with E-state index in [1.54, 1.807) is 12.1 Å². The van der Waals surface area contributed by atoms with E-state index in [9.17, 15) is 4.39 Å². The lowest BCUT2D eigenvalue weighted by atomic mass is 9.97. The maximum atomic E-state index is 13.7. The molecule has 0 amide bonds. The van der Waals surface area contributed by atoms with Crippen LogP contribution in [-0.4, -0.2) is 43.6 Å². The van der Waals surface area contributed by atoms with Crippen LogP contribution in [0, 0.1) is 11.7 Å². The first-order valence-corrected chi connectivity index (χ1v) is 9.20. The number of likely N-dealkylation sites (tertiary alicyclic amines) is 1. The molecule has 0 radical (unpaired) electrons. The number of guanidine groups is 1. The quantitative estimate of drug-likeness (QED) is 0.370. The maximum absolute atomic E-state index is 13.7. The molecule has 0 aliphatic carbocycles. The molecule has 25 heavy (non-hydrogen) atoms. The summed E-state index contributed by atoms with van der Waals surface area (Å²) in [6.45, 7) is 9.99. The fraction of sp³-hybridized carbons (Fsp3) is 0.632. The number of hydrogen-bond donors (Lipinski definition) is 2. The van der Waals surface area contributed by atoms with Crippen molar-refractivity contribution in [2.75, 3.05) is 32.7 Å². The van der Waals surface area contributed by atoms with Crippen LogP contribution in [0.3, 0.4) is 0 Å². The first-order chi connectivity index (χ1) is 11.7. The Hall–Kier alpha value is -0.890. The second-order valence-corrected chi connectivity index (χ2v) is 6.45. The van der Waals surface area contributed by atoms with Crippen LogP contribution in [0.25, 0.3) is 0 Å². The van der Waals surface area contributed by atoms with Gasteiger partial charge in [-0.2, -0.15) is 0 Å². The summed E-state index contributed by atoms with van der Waals surface area (Å²) in [7, 11) is 0. The monoisotopic (exact) mass is 462 g/mol. The van der Waals surface area contributed by atoms with E-state index in [0.29, 0.717) is 18.0 Å². The molecule has 142 valence electrons. The standard InChI is InChI=1S/C19H31FN4.HI/c1-3-11-24-12-9-16(10-13-24)14-22-19(21-4-2)23-15-17-7-5-6-8-18(17)20;/h5-8,16H,3-4,9-15H2,1-2H3,(H2,21,22,23);1H. The normalized spacial score (nSPS) is 16.4. The van der Waals surface area contributed by atoms with Gasteiger partial charge in [-0.1, -0.05) is 25.1 Å². The number of hydrogen-bond acceptors (Lipinski definition) is 2. The molecule has 1 fully saturated rings. The van der Waals surface area contributed by atoms with E-state index in [0.717, 1.165) is 19.0 Å². The van der Waals surface area contributed by atoms with Gasteiger partial charge < -0.3 is 15.5 Å². The average molecular weight is 462 g/mol. The Morgan fingerprint density at radius 1 is 1.20 bits per heavy atom. The second kappa shape index (κ2) is 12.5. The summed E-state index contributed by atoms with van der Waals surface area (Å²) in [4.78, 5) is 7.07. The van der Waals surface area contributed by atoms with Crippen LogP contribution in [0.2, 0.25) is 0 Å². The lowest BCUT2D eigenvalue weighted by molar-refractivity contribution is 0.185. The molecule has 2 rings (SSSR count). The van der Waals surface area contributed by atoms with Crippen LogP contribution in [0.1, 0.15) is 38.7 Å².